The van der Waals surface area contributed by atoms with Gasteiger partial charge in [0.2, 0.25) is 5.91 Å². The molecule has 3 rings (SSSR count). The van der Waals surface area contributed by atoms with Gasteiger partial charge in [0.1, 0.15) is 13.2 Å². The molecule has 1 amide bonds. The zero-order valence-corrected chi connectivity index (χ0v) is 14.8. The summed E-state index contributed by atoms with van der Waals surface area (Å²) in [5, 5.41) is 3.25. The van der Waals surface area contributed by atoms with Gasteiger partial charge in [-0.2, -0.15) is 0 Å². The number of nitrogens with one attached hydrogen (secondary N) is 1. The minimum absolute atomic E-state index is 0.0110. The predicted molar refractivity (Wildman–Crippen MR) is 94.3 cm³/mol. The molecule has 1 fully saturated rings. The van der Waals surface area contributed by atoms with Crippen molar-refractivity contribution in [3.63, 3.8) is 0 Å². The van der Waals surface area contributed by atoms with E-state index in [1.54, 1.807) is 0 Å². The number of carbonyl (C=O) groups excluding carboxylic acids is 1. The first-order valence-electron chi connectivity index (χ1n) is 9.32. The molecule has 1 aromatic rings. The Hall–Kier alpha value is -1.71. The van der Waals surface area contributed by atoms with Crippen molar-refractivity contribution in [2.24, 2.45) is 11.8 Å². The van der Waals surface area contributed by atoms with E-state index in [9.17, 15) is 4.79 Å². The van der Waals surface area contributed by atoms with Crippen LogP contribution in [0, 0.1) is 11.8 Å². The molecule has 1 unspecified atom stereocenters. The second-order valence-electron chi connectivity index (χ2n) is 7.40. The molecule has 132 valence electrons. The molecule has 0 radical (unpaired) electrons. The van der Waals surface area contributed by atoms with Crippen LogP contribution in [0.4, 0.5) is 0 Å². The normalized spacial score (nSPS) is 19.1. The second kappa shape index (κ2) is 7.91. The number of ether oxygens (including phenoxy) is 2. The standard InChI is InChI=1S/C20H29NO3/c1-14(2)20(21-19(22)12-15-6-4-3-5-7-15)16-8-9-17-18(13-16)24-11-10-23-17/h8-9,13-15,20H,3-7,10-12H2,1-2H3,(H,21,22). The zero-order valence-electron chi connectivity index (χ0n) is 14.8. The first kappa shape index (κ1) is 17.1. The molecular weight excluding hydrogens is 302 g/mol. The van der Waals surface area contributed by atoms with E-state index in [4.69, 9.17) is 9.47 Å². The fourth-order valence-corrected chi connectivity index (χ4v) is 3.77. The van der Waals surface area contributed by atoms with Crippen LogP contribution in [0.3, 0.4) is 0 Å². The van der Waals surface area contributed by atoms with Crippen LogP contribution in [0.1, 0.15) is 64.0 Å². The van der Waals surface area contributed by atoms with E-state index in [0.717, 1.165) is 17.1 Å². The molecule has 4 heteroatoms. The lowest BCUT2D eigenvalue weighted by molar-refractivity contribution is -0.123. The third-order valence-corrected chi connectivity index (χ3v) is 5.11. The van der Waals surface area contributed by atoms with Crippen molar-refractivity contribution >= 4 is 5.91 Å². The average Bonchev–Trinajstić information content (AvgIpc) is 2.60. The summed E-state index contributed by atoms with van der Waals surface area (Å²) < 4.78 is 11.3. The van der Waals surface area contributed by atoms with E-state index in [-0.39, 0.29) is 11.9 Å². The summed E-state index contributed by atoms with van der Waals surface area (Å²) in [5.74, 6) is 2.64. The van der Waals surface area contributed by atoms with Gasteiger partial charge in [0.25, 0.3) is 0 Å². The van der Waals surface area contributed by atoms with Crippen molar-refractivity contribution in [3.05, 3.63) is 23.8 Å². The van der Waals surface area contributed by atoms with Crippen LogP contribution in [0.5, 0.6) is 11.5 Å². The Labute approximate surface area is 144 Å². The maximum Gasteiger partial charge on any atom is 0.220 e. The topological polar surface area (TPSA) is 47.6 Å². The molecule has 0 aromatic heterocycles. The highest BCUT2D eigenvalue weighted by atomic mass is 16.6. The highest BCUT2D eigenvalue weighted by molar-refractivity contribution is 5.76. The van der Waals surface area contributed by atoms with Gasteiger partial charge in [-0.05, 0) is 42.4 Å². The van der Waals surface area contributed by atoms with E-state index in [1.165, 1.54) is 32.1 Å². The summed E-state index contributed by atoms with van der Waals surface area (Å²) in [4.78, 5) is 12.5. The first-order valence-corrected chi connectivity index (χ1v) is 9.32. The Morgan fingerprint density at radius 2 is 1.83 bits per heavy atom. The molecule has 1 N–H and O–H groups in total. The molecule has 24 heavy (non-hydrogen) atoms. The van der Waals surface area contributed by atoms with Crippen LogP contribution in [0.15, 0.2) is 18.2 Å². The number of rotatable bonds is 5. The Morgan fingerprint density at radius 3 is 2.54 bits per heavy atom. The Kier molecular flexibility index (Phi) is 5.64. The van der Waals surface area contributed by atoms with Crippen LogP contribution in [-0.4, -0.2) is 19.1 Å². The molecule has 1 atom stereocenters. The minimum Gasteiger partial charge on any atom is -0.486 e. The lowest BCUT2D eigenvalue weighted by Crippen LogP contribution is -2.33. The summed E-state index contributed by atoms with van der Waals surface area (Å²) in [6.45, 7) is 5.46. The van der Waals surface area contributed by atoms with Gasteiger partial charge >= 0.3 is 0 Å². The first-order chi connectivity index (χ1) is 11.6. The fourth-order valence-electron chi connectivity index (χ4n) is 3.77. The zero-order chi connectivity index (χ0) is 16.9. The Balaban J connectivity index is 1.66. The molecule has 1 heterocycles. The summed E-state index contributed by atoms with van der Waals surface area (Å²) in [6.07, 6.45) is 6.92. The van der Waals surface area contributed by atoms with Crippen LogP contribution in [0.2, 0.25) is 0 Å². The summed E-state index contributed by atoms with van der Waals surface area (Å²) in [5.41, 5.74) is 1.09. The Bertz CT molecular complexity index is 564. The van der Waals surface area contributed by atoms with E-state index in [1.807, 2.05) is 18.2 Å². The number of amides is 1. The monoisotopic (exact) mass is 331 g/mol. The van der Waals surface area contributed by atoms with Crippen molar-refractivity contribution in [2.75, 3.05) is 13.2 Å². The maximum atomic E-state index is 12.5. The Morgan fingerprint density at radius 1 is 1.12 bits per heavy atom. The SMILES string of the molecule is CC(C)C(NC(=O)CC1CCCCC1)c1ccc2c(c1)OCCO2. The molecule has 1 aliphatic carbocycles. The van der Waals surface area contributed by atoms with Gasteiger partial charge in [-0.15, -0.1) is 0 Å². The highest BCUT2D eigenvalue weighted by Gasteiger charge is 2.23. The van der Waals surface area contributed by atoms with Crippen molar-refractivity contribution in [1.82, 2.24) is 5.32 Å². The van der Waals surface area contributed by atoms with Crippen LogP contribution in [0.25, 0.3) is 0 Å². The number of hydrogen-bond acceptors (Lipinski definition) is 3. The molecule has 0 saturated heterocycles. The van der Waals surface area contributed by atoms with Crippen molar-refractivity contribution in [1.29, 1.82) is 0 Å². The molecule has 2 aliphatic rings. The molecule has 1 aliphatic heterocycles. The summed E-state index contributed by atoms with van der Waals surface area (Å²) in [7, 11) is 0. The van der Waals surface area contributed by atoms with Gasteiger partial charge in [-0.1, -0.05) is 39.2 Å². The molecule has 0 spiro atoms. The van der Waals surface area contributed by atoms with Crippen LogP contribution < -0.4 is 14.8 Å². The van der Waals surface area contributed by atoms with Gasteiger partial charge in [0.15, 0.2) is 11.5 Å². The molecule has 0 bridgehead atoms. The predicted octanol–water partition coefficient (Wildman–Crippen LogP) is 4.24. The minimum atomic E-state index is 0.0110. The highest BCUT2D eigenvalue weighted by Crippen LogP contribution is 2.34. The number of benzene rings is 1. The molecule has 4 nitrogen and oxygen atoms in total. The molecular formula is C20H29NO3. The number of carbonyl (C=O) groups is 1. The average molecular weight is 331 g/mol. The second-order valence-corrected chi connectivity index (χ2v) is 7.40. The van der Waals surface area contributed by atoms with Gasteiger partial charge in [0.05, 0.1) is 6.04 Å². The van der Waals surface area contributed by atoms with Gasteiger partial charge < -0.3 is 14.8 Å². The molecule has 1 saturated carbocycles. The van der Waals surface area contributed by atoms with Crippen molar-refractivity contribution < 1.29 is 14.3 Å². The van der Waals surface area contributed by atoms with E-state index >= 15 is 0 Å². The van der Waals surface area contributed by atoms with Gasteiger partial charge in [-0.3, -0.25) is 4.79 Å². The third-order valence-electron chi connectivity index (χ3n) is 5.11. The third kappa shape index (κ3) is 4.22. The van der Waals surface area contributed by atoms with Crippen molar-refractivity contribution in [3.8, 4) is 11.5 Å². The van der Waals surface area contributed by atoms with E-state index in [2.05, 4.69) is 19.2 Å². The van der Waals surface area contributed by atoms with E-state index < -0.39 is 0 Å². The number of fused-ring (bicyclic) bond motifs is 1. The van der Waals surface area contributed by atoms with Gasteiger partial charge in [0, 0.05) is 6.42 Å². The quantitative estimate of drug-likeness (QED) is 0.878. The fraction of sp³-hybridized carbons (Fsp3) is 0.650. The lowest BCUT2D eigenvalue weighted by Gasteiger charge is -2.27. The summed E-state index contributed by atoms with van der Waals surface area (Å²) in [6, 6.07) is 6.02. The lowest BCUT2D eigenvalue weighted by atomic mass is 9.86. The maximum absolute atomic E-state index is 12.5. The van der Waals surface area contributed by atoms with Crippen molar-refractivity contribution in [2.45, 2.75) is 58.4 Å². The van der Waals surface area contributed by atoms with Crippen LogP contribution in [-0.2, 0) is 4.79 Å². The van der Waals surface area contributed by atoms with Crippen LogP contribution >= 0.6 is 0 Å². The number of hydrogen-bond donors (Lipinski definition) is 1. The van der Waals surface area contributed by atoms with Gasteiger partial charge in [-0.25, -0.2) is 0 Å². The van der Waals surface area contributed by atoms with E-state index in [0.29, 0.717) is 31.5 Å². The summed E-state index contributed by atoms with van der Waals surface area (Å²) >= 11 is 0. The largest absolute Gasteiger partial charge is 0.486 e. The smallest absolute Gasteiger partial charge is 0.220 e. The molecule has 1 aromatic carbocycles.